The van der Waals surface area contributed by atoms with Gasteiger partial charge in [0.15, 0.2) is 5.65 Å². The number of rotatable bonds is 2. The number of primary amides is 1. The highest BCUT2D eigenvalue weighted by Gasteiger charge is 2.58. The van der Waals surface area contributed by atoms with E-state index in [0.717, 1.165) is 37.1 Å². The van der Waals surface area contributed by atoms with Crippen LogP contribution in [0.1, 0.15) is 36.4 Å². The Morgan fingerprint density at radius 3 is 3.19 bits per heavy atom. The molecule has 3 heterocycles. The van der Waals surface area contributed by atoms with Gasteiger partial charge in [-0.2, -0.15) is 5.10 Å². The standard InChI is InChI=1S/C15H19N5O/c1-9-3-5-20-14(19-9)11(8-18-20)12-7-15(12)6-10(13(16)21)2-4-17-15/h3,5,8,10,12,17H,2,4,6-7H2,1H3,(H2,16,21). The monoisotopic (exact) mass is 285 g/mol. The summed E-state index contributed by atoms with van der Waals surface area (Å²) in [6, 6.07) is 1.95. The third-order valence-corrected chi connectivity index (χ3v) is 4.97. The van der Waals surface area contributed by atoms with Crippen molar-refractivity contribution in [1.82, 2.24) is 19.9 Å². The smallest absolute Gasteiger partial charge is 0.220 e. The molecule has 6 nitrogen and oxygen atoms in total. The van der Waals surface area contributed by atoms with Gasteiger partial charge in [0.1, 0.15) is 0 Å². The first-order valence-electron chi connectivity index (χ1n) is 7.44. The lowest BCUT2D eigenvalue weighted by molar-refractivity contribution is -0.123. The minimum absolute atomic E-state index is 0.00668. The topological polar surface area (TPSA) is 85.3 Å². The predicted octanol–water partition coefficient (Wildman–Crippen LogP) is 0.749. The summed E-state index contributed by atoms with van der Waals surface area (Å²) in [4.78, 5) is 16.1. The Morgan fingerprint density at radius 2 is 2.38 bits per heavy atom. The van der Waals surface area contributed by atoms with Crippen LogP contribution in [0.5, 0.6) is 0 Å². The summed E-state index contributed by atoms with van der Waals surface area (Å²) in [5.74, 6) is 0.203. The lowest BCUT2D eigenvalue weighted by Gasteiger charge is -2.29. The number of fused-ring (bicyclic) bond motifs is 1. The first-order valence-corrected chi connectivity index (χ1v) is 7.44. The van der Waals surface area contributed by atoms with Crippen molar-refractivity contribution in [3.63, 3.8) is 0 Å². The molecule has 2 aliphatic rings. The quantitative estimate of drug-likeness (QED) is 0.852. The molecule has 0 bridgehead atoms. The van der Waals surface area contributed by atoms with E-state index in [0.29, 0.717) is 5.92 Å². The van der Waals surface area contributed by atoms with Crippen LogP contribution in [0.15, 0.2) is 18.5 Å². The molecule has 6 heteroatoms. The van der Waals surface area contributed by atoms with Crippen molar-refractivity contribution in [2.75, 3.05) is 6.54 Å². The van der Waals surface area contributed by atoms with Crippen molar-refractivity contribution in [3.05, 3.63) is 29.7 Å². The molecule has 1 amide bonds. The second kappa shape index (κ2) is 4.27. The zero-order valence-electron chi connectivity index (χ0n) is 12.0. The van der Waals surface area contributed by atoms with Crippen molar-refractivity contribution < 1.29 is 4.79 Å². The SMILES string of the molecule is Cc1ccn2ncc(C3CC34CC(C(N)=O)CCN4)c2n1. The van der Waals surface area contributed by atoms with E-state index in [1.165, 1.54) is 5.56 Å². The molecular weight excluding hydrogens is 266 g/mol. The first-order chi connectivity index (χ1) is 10.1. The fourth-order valence-electron chi connectivity index (χ4n) is 3.71. The van der Waals surface area contributed by atoms with E-state index in [1.54, 1.807) is 0 Å². The van der Waals surface area contributed by atoms with Gasteiger partial charge in [0.25, 0.3) is 0 Å². The molecule has 21 heavy (non-hydrogen) atoms. The number of nitrogens with two attached hydrogens (primary N) is 1. The molecule has 3 N–H and O–H groups in total. The summed E-state index contributed by atoms with van der Waals surface area (Å²) in [6.07, 6.45) is 6.56. The van der Waals surface area contributed by atoms with E-state index >= 15 is 0 Å². The maximum Gasteiger partial charge on any atom is 0.220 e. The molecule has 0 aromatic carbocycles. The zero-order chi connectivity index (χ0) is 14.6. The number of amides is 1. The van der Waals surface area contributed by atoms with Gasteiger partial charge >= 0.3 is 0 Å². The van der Waals surface area contributed by atoms with Crippen molar-refractivity contribution in [3.8, 4) is 0 Å². The van der Waals surface area contributed by atoms with Gasteiger partial charge in [-0.1, -0.05) is 0 Å². The molecule has 110 valence electrons. The Morgan fingerprint density at radius 1 is 1.52 bits per heavy atom. The summed E-state index contributed by atoms with van der Waals surface area (Å²) in [5, 5.41) is 7.99. The lowest BCUT2D eigenvalue weighted by atomic mass is 9.88. The minimum atomic E-state index is -0.171. The van der Waals surface area contributed by atoms with Crippen LogP contribution in [0.25, 0.3) is 5.65 Å². The number of aromatic nitrogens is 3. The zero-order valence-corrected chi connectivity index (χ0v) is 12.0. The van der Waals surface area contributed by atoms with Crippen molar-refractivity contribution in [1.29, 1.82) is 0 Å². The Labute approximate surface area is 122 Å². The van der Waals surface area contributed by atoms with Gasteiger partial charge in [-0.25, -0.2) is 9.50 Å². The molecule has 1 spiro atoms. The number of piperidine rings is 1. The highest BCUT2D eigenvalue weighted by molar-refractivity contribution is 5.77. The van der Waals surface area contributed by atoms with E-state index in [4.69, 9.17) is 5.73 Å². The van der Waals surface area contributed by atoms with Crippen LogP contribution in [-0.4, -0.2) is 32.6 Å². The number of carbonyl (C=O) groups is 1. The fraction of sp³-hybridized carbons (Fsp3) is 0.533. The maximum atomic E-state index is 11.5. The van der Waals surface area contributed by atoms with Crippen LogP contribution in [0.4, 0.5) is 0 Å². The largest absolute Gasteiger partial charge is 0.369 e. The number of hydrogen-bond acceptors (Lipinski definition) is 4. The molecule has 0 radical (unpaired) electrons. The Balaban J connectivity index is 1.66. The molecule has 2 aromatic rings. The van der Waals surface area contributed by atoms with Crippen LogP contribution in [0.2, 0.25) is 0 Å². The highest BCUT2D eigenvalue weighted by Crippen LogP contribution is 2.57. The Hall–Kier alpha value is -1.95. The first kappa shape index (κ1) is 12.8. The molecular formula is C15H19N5O. The molecule has 4 rings (SSSR count). The molecule has 1 aliphatic carbocycles. The van der Waals surface area contributed by atoms with Gasteiger partial charge in [-0.3, -0.25) is 4.79 Å². The summed E-state index contributed by atoms with van der Waals surface area (Å²) in [6.45, 7) is 2.84. The van der Waals surface area contributed by atoms with Gasteiger partial charge in [0.05, 0.1) is 6.20 Å². The van der Waals surface area contributed by atoms with Crippen LogP contribution in [0, 0.1) is 12.8 Å². The molecule has 1 saturated heterocycles. The third kappa shape index (κ3) is 1.93. The van der Waals surface area contributed by atoms with Gasteiger partial charge in [0.2, 0.25) is 5.91 Å². The van der Waals surface area contributed by atoms with Gasteiger partial charge < -0.3 is 11.1 Å². The van der Waals surface area contributed by atoms with E-state index in [9.17, 15) is 4.79 Å². The van der Waals surface area contributed by atoms with Crippen LogP contribution in [-0.2, 0) is 4.79 Å². The van der Waals surface area contributed by atoms with E-state index in [2.05, 4.69) is 15.4 Å². The normalized spacial score (nSPS) is 31.7. The summed E-state index contributed by atoms with van der Waals surface area (Å²) in [7, 11) is 0. The van der Waals surface area contributed by atoms with Gasteiger partial charge in [0, 0.05) is 34.8 Å². The second-order valence-electron chi connectivity index (χ2n) is 6.37. The van der Waals surface area contributed by atoms with Crippen molar-refractivity contribution >= 4 is 11.6 Å². The van der Waals surface area contributed by atoms with E-state index in [-0.39, 0.29) is 17.4 Å². The Bertz CT molecular complexity index is 724. The Kier molecular flexibility index (Phi) is 2.60. The van der Waals surface area contributed by atoms with Crippen molar-refractivity contribution in [2.24, 2.45) is 11.7 Å². The average molecular weight is 285 g/mol. The molecule has 2 fully saturated rings. The highest BCUT2D eigenvalue weighted by atomic mass is 16.1. The lowest BCUT2D eigenvalue weighted by Crippen LogP contribution is -2.45. The van der Waals surface area contributed by atoms with Gasteiger partial charge in [-0.05, 0) is 38.8 Å². The van der Waals surface area contributed by atoms with Crippen LogP contribution >= 0.6 is 0 Å². The van der Waals surface area contributed by atoms with Crippen molar-refractivity contribution in [2.45, 2.75) is 37.6 Å². The second-order valence-corrected chi connectivity index (χ2v) is 6.37. The molecule has 3 atom stereocenters. The number of nitrogens with zero attached hydrogens (tertiary/aromatic N) is 3. The summed E-state index contributed by atoms with van der Waals surface area (Å²) < 4.78 is 1.82. The number of aryl methyl sites for hydroxylation is 1. The van der Waals surface area contributed by atoms with Crippen LogP contribution in [0.3, 0.4) is 0 Å². The fourth-order valence-corrected chi connectivity index (χ4v) is 3.71. The minimum Gasteiger partial charge on any atom is -0.369 e. The van der Waals surface area contributed by atoms with Gasteiger partial charge in [-0.15, -0.1) is 0 Å². The van der Waals surface area contributed by atoms with E-state index < -0.39 is 0 Å². The number of carbonyl (C=O) groups excluding carboxylic acids is 1. The number of nitrogens with one attached hydrogen (secondary N) is 1. The number of hydrogen-bond donors (Lipinski definition) is 2. The molecule has 3 unspecified atom stereocenters. The van der Waals surface area contributed by atoms with Crippen LogP contribution < -0.4 is 11.1 Å². The van der Waals surface area contributed by atoms with E-state index in [1.807, 2.05) is 29.9 Å². The molecule has 1 aliphatic heterocycles. The summed E-state index contributed by atoms with van der Waals surface area (Å²) >= 11 is 0. The molecule has 2 aromatic heterocycles. The average Bonchev–Trinajstić information content (AvgIpc) is 2.96. The predicted molar refractivity (Wildman–Crippen MR) is 77.7 cm³/mol. The maximum absolute atomic E-state index is 11.5. The summed E-state index contributed by atoms with van der Waals surface area (Å²) in [5.41, 5.74) is 8.61. The molecule has 1 saturated carbocycles. The third-order valence-electron chi connectivity index (χ3n) is 4.97.